The van der Waals surface area contributed by atoms with Crippen molar-refractivity contribution in [2.24, 2.45) is 0 Å². The lowest BCUT2D eigenvalue weighted by Crippen LogP contribution is -2.15. The molecule has 47 heavy (non-hydrogen) atoms. The van der Waals surface area contributed by atoms with Gasteiger partial charge >= 0.3 is 0 Å². The van der Waals surface area contributed by atoms with Crippen molar-refractivity contribution in [2.75, 3.05) is 4.90 Å². The van der Waals surface area contributed by atoms with E-state index in [0.29, 0.717) is 17.6 Å². The van der Waals surface area contributed by atoms with E-state index >= 15 is 0 Å². The topological polar surface area (TPSA) is 46.8 Å². The van der Waals surface area contributed by atoms with Crippen LogP contribution in [-0.4, -0.2) is 19.5 Å². The van der Waals surface area contributed by atoms with E-state index in [1.54, 1.807) is 11.3 Å². The summed E-state index contributed by atoms with van der Waals surface area (Å²) >= 11 is 1.75. The van der Waals surface area contributed by atoms with Gasteiger partial charge in [-0.15, -0.1) is 11.3 Å². The molecule has 0 aliphatic carbocycles. The van der Waals surface area contributed by atoms with E-state index in [9.17, 15) is 0 Å². The number of hydrogen-bond acceptors (Lipinski definition) is 5. The van der Waals surface area contributed by atoms with Gasteiger partial charge in [0.15, 0.2) is 11.6 Å². The molecule has 0 unspecified atom stereocenters. The molecule has 0 saturated heterocycles. The van der Waals surface area contributed by atoms with Crippen molar-refractivity contribution in [1.29, 1.82) is 0 Å². The number of para-hydroxylation sites is 1. The molecule has 9 aromatic rings. The molecule has 9 rings (SSSR count). The monoisotopic (exact) mass is 621 g/mol. The zero-order chi connectivity index (χ0) is 31.2. The van der Waals surface area contributed by atoms with Gasteiger partial charge in [-0.1, -0.05) is 109 Å². The SMILES string of the molecule is c1ccc(-c2nc(-c3ccccc3)nc(N(c3ccc4ccccc4c3)c3cc4ccn(-c5ccccc5)c4c4sccc34)n2)cc1. The van der Waals surface area contributed by atoms with E-state index in [-0.39, 0.29) is 0 Å². The van der Waals surface area contributed by atoms with Crippen LogP contribution >= 0.6 is 11.3 Å². The lowest BCUT2D eigenvalue weighted by atomic mass is 10.1. The molecule has 3 aromatic heterocycles. The maximum Gasteiger partial charge on any atom is 0.238 e. The van der Waals surface area contributed by atoms with E-state index in [1.807, 2.05) is 60.7 Å². The normalized spacial score (nSPS) is 11.4. The molecular weight excluding hydrogens is 595 g/mol. The van der Waals surface area contributed by atoms with E-state index in [4.69, 9.17) is 15.0 Å². The number of hydrogen-bond donors (Lipinski definition) is 0. The summed E-state index contributed by atoms with van der Waals surface area (Å²) in [6, 6.07) is 52.5. The van der Waals surface area contributed by atoms with Gasteiger partial charge in [0, 0.05) is 39.5 Å². The van der Waals surface area contributed by atoms with Crippen molar-refractivity contribution in [1.82, 2.24) is 19.5 Å². The molecule has 6 aromatic carbocycles. The van der Waals surface area contributed by atoms with Gasteiger partial charge < -0.3 is 4.57 Å². The molecule has 0 fully saturated rings. The third-order valence-electron chi connectivity index (χ3n) is 8.52. The summed E-state index contributed by atoms with van der Waals surface area (Å²) in [5.74, 6) is 1.80. The first-order valence-corrected chi connectivity index (χ1v) is 16.4. The molecular formula is C41H27N5S. The molecule has 222 valence electrons. The maximum atomic E-state index is 5.19. The fourth-order valence-electron chi connectivity index (χ4n) is 6.29. The van der Waals surface area contributed by atoms with Crippen LogP contribution < -0.4 is 4.90 Å². The van der Waals surface area contributed by atoms with Gasteiger partial charge in [-0.2, -0.15) is 9.97 Å². The molecule has 0 saturated carbocycles. The molecule has 3 heterocycles. The quantitative estimate of drug-likeness (QED) is 0.185. The first kappa shape index (κ1) is 27.2. The molecule has 0 aliphatic rings. The Bertz CT molecular complexity index is 2460. The molecule has 0 atom stereocenters. The first-order valence-electron chi connectivity index (χ1n) is 15.5. The highest BCUT2D eigenvalue weighted by Crippen LogP contribution is 2.44. The minimum atomic E-state index is 0.558. The standard InChI is InChI=1S/C41H27N5S/c1-4-13-29(14-5-1)39-42-40(30-15-6-2-7-16-30)44-41(43-39)46(34-21-20-28-12-10-11-17-31(28)26-34)36-27-32-22-24-45(33-18-8-3-9-19-33)37(32)38-35(36)23-25-47-38/h1-27H. The summed E-state index contributed by atoms with van der Waals surface area (Å²) in [5.41, 5.74) is 6.18. The number of fused-ring (bicyclic) bond motifs is 4. The molecule has 0 radical (unpaired) electrons. The van der Waals surface area contributed by atoms with Gasteiger partial charge in [0.05, 0.1) is 15.9 Å². The van der Waals surface area contributed by atoms with Crippen LogP contribution in [0.3, 0.4) is 0 Å². The average Bonchev–Trinajstić information content (AvgIpc) is 3.81. The minimum Gasteiger partial charge on any atom is -0.315 e. The number of benzene rings is 6. The number of rotatable bonds is 6. The number of aromatic nitrogens is 4. The van der Waals surface area contributed by atoms with Crippen LogP contribution in [0.1, 0.15) is 0 Å². The molecule has 0 spiro atoms. The first-order chi connectivity index (χ1) is 23.3. The zero-order valence-corrected chi connectivity index (χ0v) is 26.0. The highest BCUT2D eigenvalue weighted by molar-refractivity contribution is 7.18. The fourth-order valence-corrected chi connectivity index (χ4v) is 7.26. The summed E-state index contributed by atoms with van der Waals surface area (Å²) in [5, 5.41) is 6.78. The van der Waals surface area contributed by atoms with E-state index in [1.165, 1.54) is 15.6 Å². The Morgan fingerprint density at radius 3 is 1.87 bits per heavy atom. The van der Waals surface area contributed by atoms with Crippen LogP contribution in [0.25, 0.3) is 60.2 Å². The second-order valence-corrected chi connectivity index (χ2v) is 12.3. The van der Waals surface area contributed by atoms with Crippen LogP contribution in [-0.2, 0) is 0 Å². The molecule has 0 amide bonds. The number of nitrogens with zero attached hydrogens (tertiary/aromatic N) is 5. The third kappa shape index (κ3) is 4.83. The summed E-state index contributed by atoms with van der Waals surface area (Å²) in [4.78, 5) is 17.6. The Morgan fingerprint density at radius 2 is 1.17 bits per heavy atom. The van der Waals surface area contributed by atoms with Crippen molar-refractivity contribution < 1.29 is 0 Å². The van der Waals surface area contributed by atoms with Crippen molar-refractivity contribution >= 4 is 60.4 Å². The maximum absolute atomic E-state index is 5.19. The van der Waals surface area contributed by atoms with Gasteiger partial charge in [-0.25, -0.2) is 4.98 Å². The summed E-state index contributed by atoms with van der Waals surface area (Å²) in [7, 11) is 0. The van der Waals surface area contributed by atoms with Gasteiger partial charge in [0.25, 0.3) is 0 Å². The van der Waals surface area contributed by atoms with E-state index in [0.717, 1.165) is 44.3 Å². The third-order valence-corrected chi connectivity index (χ3v) is 9.44. The largest absolute Gasteiger partial charge is 0.315 e. The van der Waals surface area contributed by atoms with Crippen LogP contribution in [0.2, 0.25) is 0 Å². The second-order valence-electron chi connectivity index (χ2n) is 11.4. The summed E-state index contributed by atoms with van der Waals surface area (Å²) < 4.78 is 3.49. The zero-order valence-electron chi connectivity index (χ0n) is 25.2. The molecule has 0 bridgehead atoms. The van der Waals surface area contributed by atoms with Crippen LogP contribution in [0.4, 0.5) is 17.3 Å². The van der Waals surface area contributed by atoms with Crippen molar-refractivity contribution in [3.8, 4) is 28.5 Å². The van der Waals surface area contributed by atoms with Crippen LogP contribution in [0.15, 0.2) is 163 Å². The average molecular weight is 622 g/mol. The smallest absolute Gasteiger partial charge is 0.238 e. The Kier molecular flexibility index (Phi) is 6.58. The summed E-state index contributed by atoms with van der Waals surface area (Å²) in [6.07, 6.45) is 2.16. The molecule has 0 N–H and O–H groups in total. The highest BCUT2D eigenvalue weighted by Gasteiger charge is 2.24. The van der Waals surface area contributed by atoms with Crippen LogP contribution in [0.5, 0.6) is 0 Å². The molecule has 6 heteroatoms. The Morgan fingerprint density at radius 1 is 0.532 bits per heavy atom. The number of anilines is 3. The Balaban J connectivity index is 1.34. The van der Waals surface area contributed by atoms with E-state index < -0.39 is 0 Å². The van der Waals surface area contributed by atoms with Gasteiger partial charge in [-0.05, 0) is 58.6 Å². The predicted octanol–water partition coefficient (Wildman–Crippen LogP) is 11.0. The number of thiophene rings is 1. The minimum absolute atomic E-state index is 0.558. The van der Waals surface area contributed by atoms with Gasteiger partial charge in [0.2, 0.25) is 5.95 Å². The highest BCUT2D eigenvalue weighted by atomic mass is 32.1. The van der Waals surface area contributed by atoms with E-state index in [2.05, 4.69) is 112 Å². The van der Waals surface area contributed by atoms with Crippen molar-refractivity contribution in [2.45, 2.75) is 0 Å². The van der Waals surface area contributed by atoms with Gasteiger partial charge in [-0.3, -0.25) is 4.90 Å². The van der Waals surface area contributed by atoms with Gasteiger partial charge in [0.1, 0.15) is 0 Å². The second kappa shape index (κ2) is 11.4. The fraction of sp³-hybridized carbons (Fsp3) is 0. The lowest BCUT2D eigenvalue weighted by molar-refractivity contribution is 1.03. The Labute approximate surface area is 275 Å². The summed E-state index contributed by atoms with van der Waals surface area (Å²) in [6.45, 7) is 0. The lowest BCUT2D eigenvalue weighted by Gasteiger charge is -2.25. The van der Waals surface area contributed by atoms with Crippen molar-refractivity contribution in [3.05, 3.63) is 163 Å². The Hall–Kier alpha value is -6.11. The van der Waals surface area contributed by atoms with Crippen molar-refractivity contribution in [3.63, 3.8) is 0 Å². The molecule has 0 aliphatic heterocycles. The van der Waals surface area contributed by atoms with Crippen LogP contribution in [0, 0.1) is 0 Å². The molecule has 5 nitrogen and oxygen atoms in total. The predicted molar refractivity (Wildman–Crippen MR) is 195 cm³/mol.